The molecule has 0 aliphatic heterocycles. The lowest BCUT2D eigenvalue weighted by Gasteiger charge is -2.45. The van der Waals surface area contributed by atoms with E-state index in [-0.39, 0.29) is 0 Å². The first kappa shape index (κ1) is 10.5. The average molecular weight is 194 g/mol. The van der Waals surface area contributed by atoms with Gasteiger partial charge in [0, 0.05) is 0 Å². The summed E-state index contributed by atoms with van der Waals surface area (Å²) in [6.07, 6.45) is -0.984. The Morgan fingerprint density at radius 3 is 1.77 bits per heavy atom. The molecule has 0 aromatic heterocycles. The van der Waals surface area contributed by atoms with Gasteiger partial charge in [0.15, 0.2) is 0 Å². The summed E-state index contributed by atoms with van der Waals surface area (Å²) in [5, 5.41) is 62.4. The molecule has 0 aromatic carbocycles. The van der Waals surface area contributed by atoms with Gasteiger partial charge in [-0.05, 0) is 12.2 Å². The number of rotatable bonds is 0. The fourth-order valence-electron chi connectivity index (χ4n) is 0.953. The van der Waals surface area contributed by atoms with Crippen LogP contribution in [0.1, 0.15) is 0 Å². The van der Waals surface area contributed by atoms with Gasteiger partial charge in [-0.1, -0.05) is 0 Å². The van der Waals surface area contributed by atoms with Crippen molar-refractivity contribution in [2.45, 2.75) is 23.5 Å². The first-order valence-corrected chi connectivity index (χ1v) is 3.34. The van der Waals surface area contributed by atoms with Crippen LogP contribution < -0.4 is 0 Å². The van der Waals surface area contributed by atoms with E-state index in [2.05, 4.69) is 0 Å². The van der Waals surface area contributed by atoms with E-state index in [1.807, 2.05) is 0 Å². The van der Waals surface area contributed by atoms with Crippen LogP contribution in [0.4, 0.5) is 0 Å². The zero-order valence-electron chi connectivity index (χ0n) is 6.36. The van der Waals surface area contributed by atoms with Crippen LogP contribution in [0.25, 0.3) is 0 Å². The topological polar surface area (TPSA) is 142 Å². The second kappa shape index (κ2) is 2.49. The van der Waals surface area contributed by atoms with Crippen molar-refractivity contribution in [2.75, 3.05) is 0 Å². The first-order chi connectivity index (χ1) is 5.63. The quantitative estimate of drug-likeness (QED) is 0.154. The number of aliphatic hydroxyl groups is 7. The Labute approximate surface area is 72.4 Å². The van der Waals surface area contributed by atoms with Crippen LogP contribution in [0, 0.1) is 0 Å². The van der Waals surface area contributed by atoms with Crippen LogP contribution in [0.5, 0.6) is 0 Å². The summed E-state index contributed by atoms with van der Waals surface area (Å²) in [7, 11) is 0. The van der Waals surface area contributed by atoms with E-state index in [4.69, 9.17) is 35.7 Å². The molecule has 0 saturated carbocycles. The largest absolute Gasteiger partial charge is 0.383 e. The summed E-state index contributed by atoms with van der Waals surface area (Å²) in [5.41, 5.74) is 0. The maximum atomic E-state index is 8.94. The zero-order valence-corrected chi connectivity index (χ0v) is 6.36. The van der Waals surface area contributed by atoms with Crippen LogP contribution in [-0.4, -0.2) is 59.2 Å². The highest BCUT2D eigenvalue weighted by atomic mass is 16.7. The summed E-state index contributed by atoms with van der Waals surface area (Å²) in [4.78, 5) is 0. The molecule has 0 aromatic rings. The fourth-order valence-corrected chi connectivity index (χ4v) is 0.953. The van der Waals surface area contributed by atoms with Crippen molar-refractivity contribution in [3.63, 3.8) is 0 Å². The number of aliphatic hydroxyl groups excluding tert-OH is 1. The molecule has 0 amide bonds. The van der Waals surface area contributed by atoms with Gasteiger partial charge in [-0.15, -0.1) is 0 Å². The lowest BCUT2D eigenvalue weighted by molar-refractivity contribution is -0.455. The predicted molar refractivity (Wildman–Crippen MR) is 36.7 cm³/mol. The van der Waals surface area contributed by atoms with E-state index in [0.29, 0.717) is 12.2 Å². The monoisotopic (exact) mass is 194 g/mol. The third kappa shape index (κ3) is 1.18. The second-order valence-corrected chi connectivity index (χ2v) is 2.93. The van der Waals surface area contributed by atoms with Gasteiger partial charge < -0.3 is 35.7 Å². The third-order valence-corrected chi connectivity index (χ3v) is 1.95. The number of hydrogen-bond acceptors (Lipinski definition) is 7. The molecule has 1 atom stereocenters. The second-order valence-electron chi connectivity index (χ2n) is 2.93. The molecule has 13 heavy (non-hydrogen) atoms. The lowest BCUT2D eigenvalue weighted by Crippen LogP contribution is -2.73. The predicted octanol–water partition coefficient (Wildman–Crippen LogP) is -4.04. The van der Waals surface area contributed by atoms with Gasteiger partial charge in [-0.2, -0.15) is 0 Å². The van der Waals surface area contributed by atoms with Crippen molar-refractivity contribution in [2.24, 2.45) is 0 Å². The fraction of sp³-hybridized carbons (Fsp3) is 0.667. The first-order valence-electron chi connectivity index (χ1n) is 3.34. The Kier molecular flexibility index (Phi) is 2.02. The molecule has 0 spiro atoms. The molecule has 1 aliphatic carbocycles. The lowest BCUT2D eigenvalue weighted by atomic mass is 9.86. The van der Waals surface area contributed by atoms with Gasteiger partial charge in [0.05, 0.1) is 0 Å². The molecule has 7 heteroatoms. The molecule has 7 N–H and O–H groups in total. The van der Waals surface area contributed by atoms with Crippen LogP contribution in [0.3, 0.4) is 0 Å². The van der Waals surface area contributed by atoms with Crippen molar-refractivity contribution in [1.82, 2.24) is 0 Å². The smallest absolute Gasteiger partial charge is 0.281 e. The van der Waals surface area contributed by atoms with E-state index in [9.17, 15) is 0 Å². The molecule has 1 rings (SSSR count). The summed E-state index contributed by atoms with van der Waals surface area (Å²) >= 11 is 0. The van der Waals surface area contributed by atoms with Gasteiger partial charge in [0.25, 0.3) is 11.6 Å². The minimum absolute atomic E-state index is 0.433. The van der Waals surface area contributed by atoms with E-state index in [1.54, 1.807) is 0 Å². The van der Waals surface area contributed by atoms with Crippen molar-refractivity contribution < 1.29 is 35.7 Å². The standard InChI is InChI=1S/C6H10O7/c7-3-1-2-4(8,9)6(12,13)5(3,10)11/h1-3,7-13H. The average Bonchev–Trinajstić information content (AvgIpc) is 1.97. The van der Waals surface area contributed by atoms with Crippen LogP contribution in [0.15, 0.2) is 12.2 Å². The van der Waals surface area contributed by atoms with Crippen LogP contribution in [-0.2, 0) is 0 Å². The van der Waals surface area contributed by atoms with E-state index >= 15 is 0 Å². The molecule has 76 valence electrons. The molecule has 1 aliphatic rings. The van der Waals surface area contributed by atoms with Crippen molar-refractivity contribution in [1.29, 1.82) is 0 Å². The van der Waals surface area contributed by atoms with E-state index in [0.717, 1.165) is 0 Å². The molecule has 0 fully saturated rings. The summed E-state index contributed by atoms with van der Waals surface area (Å²) in [5.74, 6) is -10.4. The van der Waals surface area contributed by atoms with Crippen molar-refractivity contribution in [3.05, 3.63) is 12.2 Å². The van der Waals surface area contributed by atoms with Gasteiger partial charge in [0.2, 0.25) is 5.79 Å². The SMILES string of the molecule is OC1C=CC(O)(O)C(O)(O)C1(O)O. The zero-order chi connectivity index (χ0) is 10.5. The van der Waals surface area contributed by atoms with E-state index in [1.165, 1.54) is 0 Å². The van der Waals surface area contributed by atoms with Crippen LogP contribution in [0.2, 0.25) is 0 Å². The molecule has 7 nitrogen and oxygen atoms in total. The molecule has 0 saturated heterocycles. The Hall–Kier alpha value is -0.540. The summed E-state index contributed by atoms with van der Waals surface area (Å²) in [6, 6.07) is 0. The van der Waals surface area contributed by atoms with Gasteiger partial charge in [-0.3, -0.25) is 0 Å². The Balaban J connectivity index is 3.22. The summed E-state index contributed by atoms with van der Waals surface area (Å²) in [6.45, 7) is 0. The molecule has 0 heterocycles. The maximum absolute atomic E-state index is 8.94. The van der Waals surface area contributed by atoms with E-state index < -0.39 is 23.5 Å². The van der Waals surface area contributed by atoms with Gasteiger partial charge in [-0.25, -0.2) is 0 Å². The van der Waals surface area contributed by atoms with Crippen molar-refractivity contribution in [3.8, 4) is 0 Å². The van der Waals surface area contributed by atoms with Gasteiger partial charge >= 0.3 is 0 Å². The minimum Gasteiger partial charge on any atom is -0.383 e. The minimum atomic E-state index is -3.67. The Morgan fingerprint density at radius 2 is 1.38 bits per heavy atom. The third-order valence-electron chi connectivity index (χ3n) is 1.95. The molecular weight excluding hydrogens is 184 g/mol. The van der Waals surface area contributed by atoms with Crippen LogP contribution >= 0.6 is 0 Å². The Morgan fingerprint density at radius 1 is 0.923 bits per heavy atom. The highest BCUT2D eigenvalue weighted by Gasteiger charge is 2.65. The molecule has 0 bridgehead atoms. The highest BCUT2D eigenvalue weighted by molar-refractivity contribution is 5.17. The maximum Gasteiger partial charge on any atom is 0.281 e. The normalized spacial score (nSPS) is 34.5. The highest BCUT2D eigenvalue weighted by Crippen LogP contribution is 2.35. The molecule has 0 radical (unpaired) electrons. The van der Waals surface area contributed by atoms with Crippen molar-refractivity contribution >= 4 is 0 Å². The van der Waals surface area contributed by atoms with Gasteiger partial charge in [0.1, 0.15) is 6.10 Å². The Bertz CT molecular complexity index is 241. The molecule has 1 unspecified atom stereocenters. The number of hydrogen-bond donors (Lipinski definition) is 7. The molecular formula is C6H10O7. The summed E-state index contributed by atoms with van der Waals surface area (Å²) < 4.78 is 0.